The van der Waals surface area contributed by atoms with Crippen molar-refractivity contribution < 1.29 is 14.4 Å². The molecular formula is C11H12N2O3. The van der Waals surface area contributed by atoms with Gasteiger partial charge in [-0.1, -0.05) is 23.4 Å². The molecule has 2 rings (SSSR count). The molecule has 0 spiro atoms. The predicted octanol–water partition coefficient (Wildman–Crippen LogP) is 0.935. The van der Waals surface area contributed by atoms with Gasteiger partial charge in [-0.15, -0.1) is 0 Å². The number of nitrogen functional groups attached to an aromatic ring is 1. The molecule has 16 heavy (non-hydrogen) atoms. The molecule has 0 fully saturated rings. The van der Waals surface area contributed by atoms with Gasteiger partial charge in [0.1, 0.15) is 0 Å². The lowest BCUT2D eigenvalue weighted by molar-refractivity contribution is -0.152. The molecule has 1 aromatic rings. The highest BCUT2D eigenvalue weighted by Crippen LogP contribution is 2.21. The summed E-state index contributed by atoms with van der Waals surface area (Å²) in [5.74, 6) is -0.423. The third-order valence-electron chi connectivity index (χ3n) is 2.40. The molecule has 2 N–H and O–H groups in total. The molecule has 1 atom stereocenters. The highest BCUT2D eigenvalue weighted by Gasteiger charge is 2.30. The number of carbonyl (C=O) groups excluding carboxylic acids is 1. The van der Waals surface area contributed by atoms with E-state index in [4.69, 9.17) is 10.6 Å². The van der Waals surface area contributed by atoms with Gasteiger partial charge in [-0.3, -0.25) is 0 Å². The molecule has 0 saturated carbocycles. The van der Waals surface area contributed by atoms with Gasteiger partial charge in [-0.25, -0.2) is 4.79 Å². The molecule has 0 radical (unpaired) electrons. The molecule has 1 unspecified atom stereocenters. The molecule has 0 saturated heterocycles. The van der Waals surface area contributed by atoms with E-state index >= 15 is 0 Å². The van der Waals surface area contributed by atoms with Gasteiger partial charge in [0, 0.05) is 17.7 Å². The van der Waals surface area contributed by atoms with E-state index in [9.17, 15) is 4.79 Å². The first-order valence-corrected chi connectivity index (χ1v) is 4.87. The monoisotopic (exact) mass is 220 g/mol. The number of nitrogens with two attached hydrogens (primary N) is 1. The molecule has 0 amide bonds. The van der Waals surface area contributed by atoms with Gasteiger partial charge in [0.15, 0.2) is 0 Å². The summed E-state index contributed by atoms with van der Waals surface area (Å²) >= 11 is 0. The van der Waals surface area contributed by atoms with Gasteiger partial charge < -0.3 is 15.3 Å². The lowest BCUT2D eigenvalue weighted by Gasteiger charge is -2.05. The van der Waals surface area contributed by atoms with E-state index in [2.05, 4.69) is 9.89 Å². The third kappa shape index (κ3) is 1.84. The standard InChI is InChI=1S/C11H12N2O3/c1-15-11(14)10-6-9(13-16-10)7-4-2-3-5-8(7)12/h2-5,10H,6,12H2,1H3. The number of oxime groups is 1. The number of hydrogen-bond acceptors (Lipinski definition) is 5. The van der Waals surface area contributed by atoms with E-state index < -0.39 is 12.1 Å². The predicted molar refractivity (Wildman–Crippen MR) is 58.9 cm³/mol. The lowest BCUT2D eigenvalue weighted by Crippen LogP contribution is -2.22. The van der Waals surface area contributed by atoms with Crippen LogP contribution in [0.15, 0.2) is 29.4 Å². The van der Waals surface area contributed by atoms with Crippen LogP contribution in [0.5, 0.6) is 0 Å². The van der Waals surface area contributed by atoms with Crippen LogP contribution in [-0.4, -0.2) is 24.9 Å². The molecule has 1 aliphatic rings. The van der Waals surface area contributed by atoms with Crippen LogP contribution in [0.4, 0.5) is 5.69 Å². The van der Waals surface area contributed by atoms with Crippen molar-refractivity contribution in [3.05, 3.63) is 29.8 Å². The number of methoxy groups -OCH3 is 1. The number of ether oxygens (including phenoxy) is 1. The van der Waals surface area contributed by atoms with Crippen molar-refractivity contribution in [2.45, 2.75) is 12.5 Å². The normalized spacial score (nSPS) is 18.8. The van der Waals surface area contributed by atoms with Crippen molar-refractivity contribution in [1.29, 1.82) is 0 Å². The van der Waals surface area contributed by atoms with Crippen molar-refractivity contribution in [3.63, 3.8) is 0 Å². The maximum absolute atomic E-state index is 11.2. The van der Waals surface area contributed by atoms with Crippen LogP contribution in [0.2, 0.25) is 0 Å². The summed E-state index contributed by atoms with van der Waals surface area (Å²) in [6.45, 7) is 0. The largest absolute Gasteiger partial charge is 0.466 e. The number of benzene rings is 1. The molecule has 0 aliphatic carbocycles. The van der Waals surface area contributed by atoms with E-state index in [1.807, 2.05) is 18.2 Å². The maximum Gasteiger partial charge on any atom is 0.350 e. The summed E-state index contributed by atoms with van der Waals surface area (Å²) < 4.78 is 4.58. The number of carbonyl (C=O) groups is 1. The molecule has 1 heterocycles. The van der Waals surface area contributed by atoms with Crippen LogP contribution >= 0.6 is 0 Å². The molecule has 1 aliphatic heterocycles. The average Bonchev–Trinajstić information content (AvgIpc) is 2.78. The Morgan fingerprint density at radius 2 is 2.31 bits per heavy atom. The zero-order chi connectivity index (χ0) is 11.5. The van der Waals surface area contributed by atoms with Crippen molar-refractivity contribution in [2.75, 3.05) is 12.8 Å². The zero-order valence-corrected chi connectivity index (χ0v) is 8.84. The fourth-order valence-corrected chi connectivity index (χ4v) is 1.55. The van der Waals surface area contributed by atoms with E-state index in [0.29, 0.717) is 17.8 Å². The summed E-state index contributed by atoms with van der Waals surface area (Å²) in [5.41, 5.74) is 7.90. The Balaban J connectivity index is 2.15. The van der Waals surface area contributed by atoms with Gasteiger partial charge in [-0.2, -0.15) is 0 Å². The molecular weight excluding hydrogens is 208 g/mol. The van der Waals surface area contributed by atoms with E-state index in [0.717, 1.165) is 5.56 Å². The Morgan fingerprint density at radius 1 is 1.56 bits per heavy atom. The van der Waals surface area contributed by atoms with Crippen LogP contribution in [0.3, 0.4) is 0 Å². The molecule has 0 bridgehead atoms. The molecule has 1 aromatic carbocycles. The number of esters is 1. The van der Waals surface area contributed by atoms with Crippen LogP contribution < -0.4 is 5.73 Å². The molecule has 84 valence electrons. The van der Waals surface area contributed by atoms with Gasteiger partial charge in [0.25, 0.3) is 0 Å². The Morgan fingerprint density at radius 3 is 3.00 bits per heavy atom. The van der Waals surface area contributed by atoms with Crippen molar-refractivity contribution >= 4 is 17.4 Å². The SMILES string of the molecule is COC(=O)C1CC(c2ccccc2N)=NO1. The first kappa shape index (κ1) is 10.5. The smallest absolute Gasteiger partial charge is 0.350 e. The van der Waals surface area contributed by atoms with Crippen LogP contribution in [-0.2, 0) is 14.4 Å². The molecule has 5 nitrogen and oxygen atoms in total. The maximum atomic E-state index is 11.2. The van der Waals surface area contributed by atoms with Gasteiger partial charge in [0.05, 0.1) is 12.8 Å². The van der Waals surface area contributed by atoms with E-state index in [-0.39, 0.29) is 0 Å². The third-order valence-corrected chi connectivity index (χ3v) is 2.40. The van der Waals surface area contributed by atoms with Crippen molar-refractivity contribution in [1.82, 2.24) is 0 Å². The fourth-order valence-electron chi connectivity index (χ4n) is 1.55. The second-order valence-corrected chi connectivity index (χ2v) is 3.45. The summed E-state index contributed by atoms with van der Waals surface area (Å²) in [7, 11) is 1.32. The highest BCUT2D eigenvalue weighted by atomic mass is 16.7. The minimum Gasteiger partial charge on any atom is -0.466 e. The van der Waals surface area contributed by atoms with Crippen LogP contribution in [0.25, 0.3) is 0 Å². The zero-order valence-electron chi connectivity index (χ0n) is 8.84. The summed E-state index contributed by atoms with van der Waals surface area (Å²) in [5, 5.41) is 3.85. The summed E-state index contributed by atoms with van der Waals surface area (Å²) in [6.07, 6.45) is -0.263. The number of nitrogens with zero attached hydrogens (tertiary/aromatic N) is 1. The summed E-state index contributed by atoms with van der Waals surface area (Å²) in [6, 6.07) is 7.33. The minimum absolute atomic E-state index is 0.390. The van der Waals surface area contributed by atoms with Gasteiger partial charge in [-0.05, 0) is 6.07 Å². The quantitative estimate of drug-likeness (QED) is 0.594. The van der Waals surface area contributed by atoms with Crippen molar-refractivity contribution in [3.8, 4) is 0 Å². The Hall–Kier alpha value is -2.04. The second-order valence-electron chi connectivity index (χ2n) is 3.45. The van der Waals surface area contributed by atoms with Crippen LogP contribution in [0, 0.1) is 0 Å². The lowest BCUT2D eigenvalue weighted by atomic mass is 10.0. The highest BCUT2D eigenvalue weighted by molar-refractivity contribution is 6.06. The van der Waals surface area contributed by atoms with Crippen molar-refractivity contribution in [2.24, 2.45) is 5.16 Å². The number of rotatable bonds is 2. The Kier molecular flexibility index (Phi) is 2.76. The number of hydrogen-bond donors (Lipinski definition) is 1. The molecule has 0 aromatic heterocycles. The second kappa shape index (κ2) is 4.22. The Labute approximate surface area is 92.8 Å². The molecule has 5 heteroatoms. The summed E-state index contributed by atoms with van der Waals surface area (Å²) in [4.78, 5) is 16.2. The fraction of sp³-hybridized carbons (Fsp3) is 0.273. The van der Waals surface area contributed by atoms with E-state index in [1.54, 1.807) is 6.07 Å². The topological polar surface area (TPSA) is 73.9 Å². The van der Waals surface area contributed by atoms with Crippen LogP contribution in [0.1, 0.15) is 12.0 Å². The average molecular weight is 220 g/mol. The number of anilines is 1. The van der Waals surface area contributed by atoms with Gasteiger partial charge in [0.2, 0.25) is 6.10 Å². The minimum atomic E-state index is -0.653. The number of para-hydroxylation sites is 1. The van der Waals surface area contributed by atoms with Gasteiger partial charge >= 0.3 is 5.97 Å². The first-order valence-electron chi connectivity index (χ1n) is 4.87. The first-order chi connectivity index (χ1) is 7.72. The Bertz CT molecular complexity index is 443. The van der Waals surface area contributed by atoms with E-state index in [1.165, 1.54) is 7.11 Å².